The van der Waals surface area contributed by atoms with Crippen LogP contribution in [0.2, 0.25) is 0 Å². The Kier molecular flexibility index (Phi) is 3.37. The lowest BCUT2D eigenvalue weighted by Crippen LogP contribution is -2.37. The summed E-state index contributed by atoms with van der Waals surface area (Å²) >= 11 is 0. The third-order valence-corrected chi connectivity index (χ3v) is 2.85. The highest BCUT2D eigenvalue weighted by atomic mass is 16.2. The Balaban J connectivity index is 2.36. The Bertz CT molecular complexity index is 602. The highest BCUT2D eigenvalue weighted by molar-refractivity contribution is 6.06. The van der Waals surface area contributed by atoms with Gasteiger partial charge in [0.1, 0.15) is 5.69 Å². The first-order chi connectivity index (χ1) is 8.59. The van der Waals surface area contributed by atoms with Gasteiger partial charge in [0.2, 0.25) is 0 Å². The molecule has 1 amide bonds. The first kappa shape index (κ1) is 12.2. The highest BCUT2D eigenvalue weighted by Gasteiger charge is 2.15. The molecule has 92 valence electrons. The first-order valence-electron chi connectivity index (χ1n) is 5.74. The second kappa shape index (κ2) is 4.96. The van der Waals surface area contributed by atoms with E-state index in [0.717, 1.165) is 10.8 Å². The standard InChI is InChI=1S/C14H14N2O2/c1-9(10(2)17)16-14(18)13-12-6-4-3-5-11(12)7-8-15-13/h3-9H,1-2H3,(H,16,18). The van der Waals surface area contributed by atoms with Crippen LogP contribution in [0.1, 0.15) is 24.3 Å². The number of benzene rings is 1. The van der Waals surface area contributed by atoms with Crippen molar-refractivity contribution >= 4 is 22.5 Å². The van der Waals surface area contributed by atoms with Crippen LogP contribution in [-0.2, 0) is 4.79 Å². The van der Waals surface area contributed by atoms with Crippen LogP contribution in [0.4, 0.5) is 0 Å². The maximum absolute atomic E-state index is 12.0. The molecule has 2 rings (SSSR count). The Morgan fingerprint density at radius 1 is 1.22 bits per heavy atom. The number of hydrogen-bond acceptors (Lipinski definition) is 3. The second-order valence-electron chi connectivity index (χ2n) is 4.19. The van der Waals surface area contributed by atoms with Gasteiger partial charge in [0.05, 0.1) is 6.04 Å². The van der Waals surface area contributed by atoms with E-state index in [4.69, 9.17) is 0 Å². The summed E-state index contributed by atoms with van der Waals surface area (Å²) < 4.78 is 0. The van der Waals surface area contributed by atoms with Crippen molar-refractivity contribution in [2.75, 3.05) is 0 Å². The molecule has 4 nitrogen and oxygen atoms in total. The predicted molar refractivity (Wildman–Crippen MR) is 69.4 cm³/mol. The van der Waals surface area contributed by atoms with Gasteiger partial charge in [-0.1, -0.05) is 24.3 Å². The number of ketones is 1. The van der Waals surface area contributed by atoms with Crippen molar-refractivity contribution in [3.05, 3.63) is 42.2 Å². The van der Waals surface area contributed by atoms with Crippen molar-refractivity contribution < 1.29 is 9.59 Å². The fourth-order valence-electron chi connectivity index (χ4n) is 1.67. The highest BCUT2D eigenvalue weighted by Crippen LogP contribution is 2.16. The van der Waals surface area contributed by atoms with E-state index >= 15 is 0 Å². The molecular weight excluding hydrogens is 228 g/mol. The van der Waals surface area contributed by atoms with E-state index < -0.39 is 6.04 Å². The van der Waals surface area contributed by atoms with E-state index in [1.165, 1.54) is 6.92 Å². The van der Waals surface area contributed by atoms with Crippen LogP contribution < -0.4 is 5.32 Å². The molecule has 1 aromatic carbocycles. The molecule has 0 saturated heterocycles. The van der Waals surface area contributed by atoms with Crippen LogP contribution in [0.5, 0.6) is 0 Å². The summed E-state index contributed by atoms with van der Waals surface area (Å²) in [5, 5.41) is 4.37. The normalized spacial score (nSPS) is 12.1. The van der Waals surface area contributed by atoms with Gasteiger partial charge < -0.3 is 5.32 Å². The number of aromatic nitrogens is 1. The molecule has 0 radical (unpaired) electrons. The zero-order valence-corrected chi connectivity index (χ0v) is 10.3. The molecule has 0 aliphatic heterocycles. The summed E-state index contributed by atoms with van der Waals surface area (Å²) in [5.74, 6) is -0.405. The van der Waals surface area contributed by atoms with Crippen molar-refractivity contribution in [3.8, 4) is 0 Å². The number of nitrogens with one attached hydrogen (secondary N) is 1. The average molecular weight is 242 g/mol. The lowest BCUT2D eigenvalue weighted by atomic mass is 10.1. The molecule has 0 aliphatic carbocycles. The molecule has 0 bridgehead atoms. The summed E-state index contributed by atoms with van der Waals surface area (Å²) in [6.07, 6.45) is 1.59. The number of rotatable bonds is 3. The molecule has 1 unspecified atom stereocenters. The molecular formula is C14H14N2O2. The third-order valence-electron chi connectivity index (χ3n) is 2.85. The van der Waals surface area contributed by atoms with Crippen molar-refractivity contribution in [2.24, 2.45) is 0 Å². The molecule has 0 aliphatic rings. The molecule has 18 heavy (non-hydrogen) atoms. The smallest absolute Gasteiger partial charge is 0.271 e. The molecule has 1 heterocycles. The van der Waals surface area contributed by atoms with E-state index in [0.29, 0.717) is 5.69 Å². The van der Waals surface area contributed by atoms with Crippen LogP contribution in [0.15, 0.2) is 36.5 Å². The maximum Gasteiger partial charge on any atom is 0.271 e. The van der Waals surface area contributed by atoms with Crippen LogP contribution in [0.3, 0.4) is 0 Å². The first-order valence-corrected chi connectivity index (χ1v) is 5.74. The zero-order valence-electron chi connectivity index (χ0n) is 10.3. The number of nitrogens with zero attached hydrogens (tertiary/aromatic N) is 1. The van der Waals surface area contributed by atoms with Crippen LogP contribution in [0.25, 0.3) is 10.8 Å². The predicted octanol–water partition coefficient (Wildman–Crippen LogP) is 1.94. The lowest BCUT2D eigenvalue weighted by Gasteiger charge is -2.11. The van der Waals surface area contributed by atoms with Gasteiger partial charge >= 0.3 is 0 Å². The van der Waals surface area contributed by atoms with E-state index in [-0.39, 0.29) is 11.7 Å². The molecule has 0 fully saturated rings. The molecule has 4 heteroatoms. The fraction of sp³-hybridized carbons (Fsp3) is 0.214. The molecule has 0 saturated carbocycles. The number of fused-ring (bicyclic) bond motifs is 1. The van der Waals surface area contributed by atoms with Crippen molar-refractivity contribution in [1.82, 2.24) is 10.3 Å². The maximum atomic E-state index is 12.0. The van der Waals surface area contributed by atoms with Gasteiger partial charge in [-0.25, -0.2) is 0 Å². The Labute approximate surface area is 105 Å². The van der Waals surface area contributed by atoms with E-state index in [2.05, 4.69) is 10.3 Å². The van der Waals surface area contributed by atoms with Crippen LogP contribution in [-0.4, -0.2) is 22.7 Å². The Morgan fingerprint density at radius 3 is 2.67 bits per heavy atom. The molecule has 2 aromatic rings. The van der Waals surface area contributed by atoms with Crippen LogP contribution >= 0.6 is 0 Å². The summed E-state index contributed by atoms with van der Waals surface area (Å²) in [4.78, 5) is 27.3. The van der Waals surface area contributed by atoms with Gasteiger partial charge in [0, 0.05) is 11.6 Å². The SMILES string of the molecule is CC(=O)C(C)NC(=O)c1nccc2ccccc12. The third kappa shape index (κ3) is 2.37. The number of Topliss-reactive ketones (excluding diaryl/α,β-unsaturated/α-hetero) is 1. The van der Waals surface area contributed by atoms with Crippen molar-refractivity contribution in [3.63, 3.8) is 0 Å². The minimum absolute atomic E-state index is 0.0800. The molecule has 1 N–H and O–H groups in total. The summed E-state index contributed by atoms with van der Waals surface area (Å²) in [7, 11) is 0. The zero-order chi connectivity index (χ0) is 13.1. The molecule has 1 atom stereocenters. The number of carbonyl (C=O) groups excluding carboxylic acids is 2. The average Bonchev–Trinajstić information content (AvgIpc) is 2.37. The van der Waals surface area contributed by atoms with Gasteiger partial charge in [-0.3, -0.25) is 14.6 Å². The number of hydrogen-bond donors (Lipinski definition) is 1. The quantitative estimate of drug-likeness (QED) is 0.894. The largest absolute Gasteiger partial charge is 0.341 e. The van der Waals surface area contributed by atoms with Gasteiger partial charge in [-0.2, -0.15) is 0 Å². The van der Waals surface area contributed by atoms with Crippen molar-refractivity contribution in [1.29, 1.82) is 0 Å². The summed E-state index contributed by atoms with van der Waals surface area (Å²) in [6.45, 7) is 3.10. The number of amides is 1. The van der Waals surface area contributed by atoms with Crippen molar-refractivity contribution in [2.45, 2.75) is 19.9 Å². The lowest BCUT2D eigenvalue weighted by molar-refractivity contribution is -0.118. The summed E-state index contributed by atoms with van der Waals surface area (Å²) in [5.41, 5.74) is 0.348. The topological polar surface area (TPSA) is 59.1 Å². The minimum atomic E-state index is -0.502. The molecule has 0 spiro atoms. The second-order valence-corrected chi connectivity index (χ2v) is 4.19. The number of carbonyl (C=O) groups is 2. The van der Waals surface area contributed by atoms with Gasteiger partial charge in [-0.05, 0) is 25.3 Å². The summed E-state index contributed by atoms with van der Waals surface area (Å²) in [6, 6.07) is 8.87. The number of pyridine rings is 1. The van der Waals surface area contributed by atoms with E-state index in [1.807, 2.05) is 30.3 Å². The molecule has 1 aromatic heterocycles. The van der Waals surface area contributed by atoms with E-state index in [9.17, 15) is 9.59 Å². The fourth-order valence-corrected chi connectivity index (χ4v) is 1.67. The van der Waals surface area contributed by atoms with E-state index in [1.54, 1.807) is 13.1 Å². The van der Waals surface area contributed by atoms with Gasteiger partial charge in [0.15, 0.2) is 5.78 Å². The van der Waals surface area contributed by atoms with Crippen LogP contribution in [0, 0.1) is 0 Å². The minimum Gasteiger partial charge on any atom is -0.341 e. The van der Waals surface area contributed by atoms with Gasteiger partial charge in [0.25, 0.3) is 5.91 Å². The van der Waals surface area contributed by atoms with Gasteiger partial charge in [-0.15, -0.1) is 0 Å². The Morgan fingerprint density at radius 2 is 1.94 bits per heavy atom. The monoisotopic (exact) mass is 242 g/mol. The Hall–Kier alpha value is -2.23.